The van der Waals surface area contributed by atoms with Gasteiger partial charge in [-0.1, -0.05) is 30.2 Å². The number of rotatable bonds is 3. The first-order chi connectivity index (χ1) is 13.8. The zero-order valence-electron chi connectivity index (χ0n) is 15.2. The van der Waals surface area contributed by atoms with Crippen LogP contribution >= 0.6 is 0 Å². The van der Waals surface area contributed by atoms with Crippen molar-refractivity contribution in [1.82, 2.24) is 25.2 Å². The van der Waals surface area contributed by atoms with Crippen molar-refractivity contribution in [2.75, 3.05) is 0 Å². The first-order valence-electron chi connectivity index (χ1n) is 9.38. The lowest BCUT2D eigenvalue weighted by atomic mass is 9.81. The van der Waals surface area contributed by atoms with E-state index in [2.05, 4.69) is 26.6 Å². The molecule has 0 saturated heterocycles. The molecule has 1 aromatic carbocycles. The minimum absolute atomic E-state index is 0.116. The van der Waals surface area contributed by atoms with E-state index in [0.717, 1.165) is 35.3 Å². The lowest BCUT2D eigenvalue weighted by Crippen LogP contribution is -2.21. The summed E-state index contributed by atoms with van der Waals surface area (Å²) in [7, 11) is 0. The van der Waals surface area contributed by atoms with Crippen molar-refractivity contribution in [3.05, 3.63) is 64.9 Å². The molecule has 0 spiro atoms. The number of nitrogens with one attached hydrogen (secondary N) is 1. The van der Waals surface area contributed by atoms with Gasteiger partial charge in [0.2, 0.25) is 11.8 Å². The summed E-state index contributed by atoms with van der Waals surface area (Å²) in [5.74, 6) is 0.706. The number of H-pyrrole nitrogens is 1. The molecule has 3 aromatic rings. The van der Waals surface area contributed by atoms with E-state index in [1.54, 1.807) is 17.1 Å². The molecule has 28 heavy (non-hydrogen) atoms. The number of aromatic amines is 1. The fourth-order valence-electron chi connectivity index (χ4n) is 4.29. The van der Waals surface area contributed by atoms with Crippen molar-refractivity contribution in [2.45, 2.75) is 37.5 Å². The van der Waals surface area contributed by atoms with Crippen molar-refractivity contribution in [2.24, 2.45) is 5.73 Å². The summed E-state index contributed by atoms with van der Waals surface area (Å²) in [6.45, 7) is 0. The van der Waals surface area contributed by atoms with Gasteiger partial charge in [-0.15, -0.1) is 10.2 Å². The molecule has 1 aliphatic carbocycles. The molecular weight excluding hydrogens is 354 g/mol. The highest BCUT2D eigenvalue weighted by atomic mass is 16.5. The van der Waals surface area contributed by atoms with Crippen LogP contribution in [0.4, 0.5) is 0 Å². The quantitative estimate of drug-likeness (QED) is 0.729. The lowest BCUT2D eigenvalue weighted by molar-refractivity contribution is 0.378. The second kappa shape index (κ2) is 6.53. The molecule has 1 saturated carbocycles. The molecule has 8 nitrogen and oxygen atoms in total. The van der Waals surface area contributed by atoms with Crippen molar-refractivity contribution in [3.8, 4) is 17.6 Å². The smallest absolute Gasteiger partial charge is 0.244 e. The van der Waals surface area contributed by atoms with Gasteiger partial charge in [0.05, 0.1) is 29.6 Å². The maximum atomic E-state index is 9.80. The molecular formula is C20H19N7O. The summed E-state index contributed by atoms with van der Waals surface area (Å²) in [5.41, 5.74) is 10.3. The number of nitrogens with two attached hydrogens (primary N) is 1. The second-order valence-electron chi connectivity index (χ2n) is 7.20. The highest BCUT2D eigenvalue weighted by Crippen LogP contribution is 2.47. The first kappa shape index (κ1) is 16.6. The van der Waals surface area contributed by atoms with Crippen LogP contribution in [0.25, 0.3) is 5.69 Å². The molecule has 5 rings (SSSR count). The molecule has 0 radical (unpaired) electrons. The summed E-state index contributed by atoms with van der Waals surface area (Å²) < 4.78 is 7.37. The number of hydrogen-bond donors (Lipinski definition) is 2. The monoisotopic (exact) mass is 373 g/mol. The molecule has 3 N–H and O–H groups in total. The van der Waals surface area contributed by atoms with Crippen LogP contribution in [0.1, 0.15) is 54.3 Å². The molecule has 1 atom stereocenters. The maximum absolute atomic E-state index is 9.80. The molecule has 0 bridgehead atoms. The van der Waals surface area contributed by atoms with E-state index in [-0.39, 0.29) is 11.8 Å². The predicted octanol–water partition coefficient (Wildman–Crippen LogP) is 2.87. The number of benzene rings is 1. The molecule has 2 aromatic heterocycles. The Bertz CT molecular complexity index is 1070. The van der Waals surface area contributed by atoms with Gasteiger partial charge in [0.15, 0.2) is 0 Å². The van der Waals surface area contributed by atoms with Crippen LogP contribution in [0.3, 0.4) is 0 Å². The summed E-state index contributed by atoms with van der Waals surface area (Å²) in [5, 5.41) is 25.2. The van der Waals surface area contributed by atoms with Gasteiger partial charge in [-0.3, -0.25) is 5.10 Å². The van der Waals surface area contributed by atoms with Crippen molar-refractivity contribution >= 4 is 0 Å². The van der Waals surface area contributed by atoms with Crippen LogP contribution < -0.4 is 10.5 Å². The van der Waals surface area contributed by atoms with Gasteiger partial charge in [-0.2, -0.15) is 5.26 Å². The largest absolute Gasteiger partial charge is 0.420 e. The van der Waals surface area contributed by atoms with Crippen molar-refractivity contribution in [3.63, 3.8) is 0 Å². The number of allylic oxidation sites excluding steroid dienone is 1. The zero-order valence-corrected chi connectivity index (χ0v) is 15.2. The Labute approximate surface area is 161 Å². The molecule has 2 aliphatic rings. The average Bonchev–Trinajstić information content (AvgIpc) is 3.47. The van der Waals surface area contributed by atoms with Gasteiger partial charge in [-0.25, -0.2) is 4.68 Å². The van der Waals surface area contributed by atoms with Gasteiger partial charge >= 0.3 is 0 Å². The third-order valence-corrected chi connectivity index (χ3v) is 5.65. The first-order valence-corrected chi connectivity index (χ1v) is 9.38. The van der Waals surface area contributed by atoms with Crippen LogP contribution in [0, 0.1) is 11.3 Å². The lowest BCUT2D eigenvalue weighted by Gasteiger charge is -2.25. The van der Waals surface area contributed by atoms with E-state index in [9.17, 15) is 5.26 Å². The van der Waals surface area contributed by atoms with Gasteiger partial charge in [0.25, 0.3) is 0 Å². The van der Waals surface area contributed by atoms with Crippen LogP contribution in [-0.2, 0) is 0 Å². The maximum Gasteiger partial charge on any atom is 0.244 e. The standard InChI is InChI=1S/C20H19N7O/c21-11-15-16(12-5-7-14(8-6-12)27-10-9-23-26-27)17-18(13-3-1-2-4-13)24-25-20(17)28-19(15)22/h5-10,13,16H,1-4,22H2,(H,24,25). The zero-order chi connectivity index (χ0) is 19.1. The number of hydrogen-bond acceptors (Lipinski definition) is 6. The number of aromatic nitrogens is 5. The molecule has 1 unspecified atom stereocenters. The van der Waals surface area contributed by atoms with E-state index in [0.29, 0.717) is 17.4 Å². The van der Waals surface area contributed by atoms with E-state index < -0.39 is 0 Å². The summed E-state index contributed by atoms with van der Waals surface area (Å²) in [6.07, 6.45) is 8.07. The molecule has 1 aliphatic heterocycles. The molecule has 1 fully saturated rings. The predicted molar refractivity (Wildman–Crippen MR) is 100 cm³/mol. The number of ether oxygens (including phenoxy) is 1. The molecule has 140 valence electrons. The fraction of sp³-hybridized carbons (Fsp3) is 0.300. The number of fused-ring (bicyclic) bond motifs is 1. The minimum atomic E-state index is -0.298. The normalized spacial score (nSPS) is 19.3. The summed E-state index contributed by atoms with van der Waals surface area (Å²) in [4.78, 5) is 0. The minimum Gasteiger partial charge on any atom is -0.420 e. The molecule has 8 heteroatoms. The third-order valence-electron chi connectivity index (χ3n) is 5.65. The topological polar surface area (TPSA) is 118 Å². The van der Waals surface area contributed by atoms with Crippen LogP contribution in [0.2, 0.25) is 0 Å². The van der Waals surface area contributed by atoms with E-state index in [4.69, 9.17) is 10.5 Å². The molecule has 3 heterocycles. The van der Waals surface area contributed by atoms with Crippen molar-refractivity contribution < 1.29 is 4.74 Å². The van der Waals surface area contributed by atoms with Crippen LogP contribution in [-0.4, -0.2) is 25.2 Å². The third kappa shape index (κ3) is 2.55. The number of nitrogens with zero attached hydrogens (tertiary/aromatic N) is 5. The fourth-order valence-corrected chi connectivity index (χ4v) is 4.29. The van der Waals surface area contributed by atoms with Crippen LogP contribution in [0.15, 0.2) is 48.1 Å². The Hall–Kier alpha value is -3.60. The Morgan fingerprint density at radius 2 is 2.00 bits per heavy atom. The van der Waals surface area contributed by atoms with E-state index >= 15 is 0 Å². The summed E-state index contributed by atoms with van der Waals surface area (Å²) in [6, 6.07) is 10.2. The average molecular weight is 373 g/mol. The number of nitriles is 1. The molecule has 0 amide bonds. The van der Waals surface area contributed by atoms with Crippen molar-refractivity contribution in [1.29, 1.82) is 5.26 Å². The highest BCUT2D eigenvalue weighted by Gasteiger charge is 2.37. The highest BCUT2D eigenvalue weighted by molar-refractivity contribution is 5.56. The Morgan fingerprint density at radius 1 is 1.21 bits per heavy atom. The van der Waals surface area contributed by atoms with E-state index in [1.807, 2.05) is 24.3 Å². The van der Waals surface area contributed by atoms with Gasteiger partial charge in [0, 0.05) is 11.6 Å². The Kier molecular flexibility index (Phi) is 3.86. The van der Waals surface area contributed by atoms with E-state index in [1.165, 1.54) is 12.8 Å². The summed E-state index contributed by atoms with van der Waals surface area (Å²) >= 11 is 0. The Balaban J connectivity index is 1.61. The van der Waals surface area contributed by atoms with Gasteiger partial charge < -0.3 is 10.5 Å². The SMILES string of the molecule is N#CC1=C(N)Oc2n[nH]c(C3CCCC3)c2C1c1ccc(-n2ccnn2)cc1. The second-order valence-corrected chi connectivity index (χ2v) is 7.20. The van der Waals surface area contributed by atoms with Gasteiger partial charge in [0.1, 0.15) is 11.6 Å². The van der Waals surface area contributed by atoms with Gasteiger partial charge in [-0.05, 0) is 30.5 Å². The Morgan fingerprint density at radius 3 is 2.68 bits per heavy atom. The van der Waals surface area contributed by atoms with Crippen LogP contribution in [0.5, 0.6) is 5.88 Å².